The molecule has 55 heavy (non-hydrogen) atoms. The van der Waals surface area contributed by atoms with Crippen molar-refractivity contribution in [3.8, 4) is 11.1 Å². The number of hydrogen-bond acceptors (Lipinski definition) is 6. The fourth-order valence-electron chi connectivity index (χ4n) is 8.44. The number of thiophene rings is 2. The van der Waals surface area contributed by atoms with Crippen LogP contribution in [0.25, 0.3) is 84.2 Å². The predicted molar refractivity (Wildman–Crippen MR) is 234 cm³/mol. The Kier molecular flexibility index (Phi) is 6.70. The van der Waals surface area contributed by atoms with Crippen molar-refractivity contribution in [1.29, 1.82) is 0 Å². The highest BCUT2D eigenvalue weighted by molar-refractivity contribution is 7.26. The fraction of sp³-hybridized carbons (Fsp3) is 0.0204. The third-order valence-electron chi connectivity index (χ3n) is 11.0. The van der Waals surface area contributed by atoms with E-state index in [1.165, 1.54) is 51.3 Å². The molecule has 4 nitrogen and oxygen atoms in total. The molecule has 1 atom stereocenters. The van der Waals surface area contributed by atoms with Crippen LogP contribution >= 0.6 is 22.7 Å². The quantitative estimate of drug-likeness (QED) is 0.195. The van der Waals surface area contributed by atoms with Crippen molar-refractivity contribution in [1.82, 2.24) is 5.32 Å². The van der Waals surface area contributed by atoms with E-state index in [4.69, 9.17) is 14.4 Å². The van der Waals surface area contributed by atoms with Crippen LogP contribution < -0.4 is 5.32 Å². The maximum Gasteiger partial charge on any atom is 0.171 e. The summed E-state index contributed by atoms with van der Waals surface area (Å²) >= 11 is 3.66. The number of hydrogen-bond donors (Lipinski definition) is 1. The van der Waals surface area contributed by atoms with Gasteiger partial charge in [-0.05, 0) is 58.3 Å². The normalized spacial score (nSPS) is 14.7. The van der Waals surface area contributed by atoms with E-state index in [0.717, 1.165) is 61.2 Å². The second-order valence-electron chi connectivity index (χ2n) is 14.1. The van der Waals surface area contributed by atoms with Crippen molar-refractivity contribution < 1.29 is 4.42 Å². The van der Waals surface area contributed by atoms with Gasteiger partial charge in [-0.15, -0.1) is 22.7 Å². The first-order valence-corrected chi connectivity index (χ1v) is 20.1. The minimum atomic E-state index is -0.577. The molecule has 1 aliphatic rings. The van der Waals surface area contributed by atoms with E-state index in [9.17, 15) is 0 Å². The van der Waals surface area contributed by atoms with Crippen LogP contribution in [0.1, 0.15) is 22.9 Å². The molecule has 258 valence electrons. The predicted octanol–water partition coefficient (Wildman–Crippen LogP) is 13.6. The summed E-state index contributed by atoms with van der Waals surface area (Å²) in [6.45, 7) is 0. The van der Waals surface area contributed by atoms with Crippen molar-refractivity contribution in [2.24, 2.45) is 9.98 Å². The Balaban J connectivity index is 1.17. The Hall–Kier alpha value is -6.60. The van der Waals surface area contributed by atoms with Gasteiger partial charge in [0.1, 0.15) is 22.8 Å². The number of furan rings is 1. The first-order chi connectivity index (χ1) is 27.2. The van der Waals surface area contributed by atoms with Crippen LogP contribution in [0.15, 0.2) is 178 Å². The van der Waals surface area contributed by atoms with Crippen LogP contribution in [0.2, 0.25) is 0 Å². The number of amidine groups is 2. The highest BCUT2D eigenvalue weighted by Gasteiger charge is 2.29. The number of aliphatic imine (C=N–C) groups is 2. The van der Waals surface area contributed by atoms with Gasteiger partial charge >= 0.3 is 0 Å². The number of benzene rings is 8. The van der Waals surface area contributed by atoms with Crippen LogP contribution in [0.5, 0.6) is 0 Å². The van der Waals surface area contributed by atoms with Gasteiger partial charge in [0.25, 0.3) is 0 Å². The highest BCUT2D eigenvalue weighted by Crippen LogP contribution is 2.47. The molecule has 1 unspecified atom stereocenters. The summed E-state index contributed by atoms with van der Waals surface area (Å²) in [5.41, 5.74) is 7.06. The lowest BCUT2D eigenvalue weighted by Gasteiger charge is -2.25. The van der Waals surface area contributed by atoms with E-state index in [-0.39, 0.29) is 0 Å². The maximum atomic E-state index is 6.56. The average Bonchev–Trinajstić information content (AvgIpc) is 3.94. The molecule has 0 amide bonds. The number of nitrogens with one attached hydrogen (secondary N) is 1. The lowest BCUT2D eigenvalue weighted by Crippen LogP contribution is -2.36. The number of para-hydroxylation sites is 1. The standard InChI is InChI=1S/C49H29N3OS2/c1-2-12-29-27-30(24-23-28(29)11-1)47-50-48(38-19-10-17-35-32-14-5-8-22-42(32)55-46(35)38)52-49(51-47)44-33(25-26-40-43(44)37-15-3-6-20-39(37)53-40)36-18-9-16-34-31-13-4-7-21-41(31)54-45(34)36/h1-27,49H,(H,50,51,52). The van der Waals surface area contributed by atoms with Gasteiger partial charge < -0.3 is 9.73 Å². The van der Waals surface area contributed by atoms with E-state index in [1.54, 1.807) is 0 Å². The van der Waals surface area contributed by atoms with Crippen LogP contribution in [0.4, 0.5) is 0 Å². The van der Waals surface area contributed by atoms with Crippen LogP contribution in [-0.2, 0) is 0 Å². The minimum Gasteiger partial charge on any atom is -0.456 e. The summed E-state index contributed by atoms with van der Waals surface area (Å²) in [4.78, 5) is 11.2. The first kappa shape index (κ1) is 30.8. The second-order valence-corrected chi connectivity index (χ2v) is 16.2. The zero-order chi connectivity index (χ0) is 36.0. The number of fused-ring (bicyclic) bond motifs is 10. The van der Waals surface area contributed by atoms with E-state index >= 15 is 0 Å². The van der Waals surface area contributed by atoms with Gasteiger partial charge in [-0.25, -0.2) is 9.98 Å². The summed E-state index contributed by atoms with van der Waals surface area (Å²) in [5.74, 6) is 1.59. The van der Waals surface area contributed by atoms with Crippen LogP contribution in [-0.4, -0.2) is 11.7 Å². The Morgan fingerprint density at radius 3 is 1.85 bits per heavy atom. The molecule has 0 spiro atoms. The molecular weight excluding hydrogens is 711 g/mol. The third kappa shape index (κ3) is 4.75. The minimum absolute atomic E-state index is 0.577. The van der Waals surface area contributed by atoms with Gasteiger partial charge in [-0.1, -0.05) is 127 Å². The molecule has 0 aliphatic carbocycles. The molecule has 0 saturated carbocycles. The van der Waals surface area contributed by atoms with E-state index in [0.29, 0.717) is 0 Å². The Morgan fingerprint density at radius 2 is 1.07 bits per heavy atom. The van der Waals surface area contributed by atoms with E-state index < -0.39 is 6.17 Å². The smallest absolute Gasteiger partial charge is 0.171 e. The highest BCUT2D eigenvalue weighted by atomic mass is 32.1. The van der Waals surface area contributed by atoms with E-state index in [2.05, 4.69) is 163 Å². The van der Waals surface area contributed by atoms with Crippen molar-refractivity contribution in [2.45, 2.75) is 6.17 Å². The molecule has 6 heteroatoms. The zero-order valence-electron chi connectivity index (χ0n) is 29.3. The monoisotopic (exact) mass is 739 g/mol. The third-order valence-corrected chi connectivity index (χ3v) is 13.4. The summed E-state index contributed by atoms with van der Waals surface area (Å²) < 4.78 is 11.6. The number of nitrogens with zero attached hydrogens (tertiary/aromatic N) is 2. The molecule has 0 fully saturated rings. The molecule has 0 bridgehead atoms. The Bertz CT molecular complexity index is 3440. The molecule has 4 heterocycles. The van der Waals surface area contributed by atoms with Gasteiger partial charge in [-0.3, -0.25) is 0 Å². The first-order valence-electron chi connectivity index (χ1n) is 18.4. The molecular formula is C49H29N3OS2. The molecule has 8 aromatic carbocycles. The number of rotatable bonds is 4. The van der Waals surface area contributed by atoms with Gasteiger partial charge in [0.05, 0.1) is 0 Å². The Labute approximate surface area is 323 Å². The fourth-order valence-corrected chi connectivity index (χ4v) is 10.9. The summed E-state index contributed by atoms with van der Waals surface area (Å²) in [6, 6.07) is 58.3. The van der Waals surface area contributed by atoms with Crippen molar-refractivity contribution in [3.05, 3.63) is 180 Å². The van der Waals surface area contributed by atoms with Gasteiger partial charge in [0.2, 0.25) is 0 Å². The molecule has 11 aromatic rings. The maximum absolute atomic E-state index is 6.56. The summed E-state index contributed by atoms with van der Waals surface area (Å²) in [7, 11) is 0. The topological polar surface area (TPSA) is 49.9 Å². The molecule has 1 aliphatic heterocycles. The Morgan fingerprint density at radius 1 is 0.455 bits per heavy atom. The SMILES string of the molecule is c1ccc2cc(C3=NC(c4c(-c5cccc6c5sc5ccccc56)ccc5oc6ccccc6c45)N=C(c4cccc5c4sc4ccccc45)N3)ccc2c1. The van der Waals surface area contributed by atoms with Gasteiger partial charge in [0.15, 0.2) is 6.17 Å². The largest absolute Gasteiger partial charge is 0.456 e. The average molecular weight is 740 g/mol. The van der Waals surface area contributed by atoms with E-state index in [1.807, 2.05) is 28.7 Å². The summed E-state index contributed by atoms with van der Waals surface area (Å²) in [5, 5.41) is 13.2. The molecule has 0 saturated heterocycles. The van der Waals surface area contributed by atoms with Crippen molar-refractivity contribution in [2.75, 3.05) is 0 Å². The molecule has 3 aromatic heterocycles. The lowest BCUT2D eigenvalue weighted by molar-refractivity contribution is 0.667. The second kappa shape index (κ2) is 12.0. The van der Waals surface area contributed by atoms with Crippen molar-refractivity contribution in [3.63, 3.8) is 0 Å². The molecule has 0 radical (unpaired) electrons. The van der Waals surface area contributed by atoms with Crippen LogP contribution in [0.3, 0.4) is 0 Å². The van der Waals surface area contributed by atoms with Crippen LogP contribution in [0, 0.1) is 0 Å². The zero-order valence-corrected chi connectivity index (χ0v) is 30.9. The lowest BCUT2D eigenvalue weighted by atomic mass is 9.92. The van der Waals surface area contributed by atoms with Gasteiger partial charge in [-0.2, -0.15) is 0 Å². The van der Waals surface area contributed by atoms with Gasteiger partial charge in [0, 0.05) is 67.8 Å². The molecule has 12 rings (SSSR count). The molecule has 1 N–H and O–H groups in total. The van der Waals surface area contributed by atoms with Crippen molar-refractivity contribution >= 4 is 107 Å². The summed E-state index contributed by atoms with van der Waals surface area (Å²) in [6.07, 6.45) is -0.577.